The Labute approximate surface area is 124 Å². The standard InChI is InChI=1S/C16H20ClFN2/c1-5-6-19-16-14(9(2)3)10(4)20-13-8-11(18)7-12(17)15(13)16/h7-9H,5-6H2,1-4H3,(H,19,20). The number of nitrogens with one attached hydrogen (secondary N) is 1. The van der Waals surface area contributed by atoms with E-state index in [0.717, 1.165) is 35.3 Å². The van der Waals surface area contributed by atoms with Gasteiger partial charge in [0.15, 0.2) is 0 Å². The molecule has 0 spiro atoms. The van der Waals surface area contributed by atoms with Crippen molar-refractivity contribution in [1.29, 1.82) is 0 Å². The van der Waals surface area contributed by atoms with E-state index < -0.39 is 0 Å². The summed E-state index contributed by atoms with van der Waals surface area (Å²) in [6.07, 6.45) is 1.01. The second-order valence-electron chi connectivity index (χ2n) is 5.35. The predicted octanol–water partition coefficient (Wildman–Crippen LogP) is 5.28. The smallest absolute Gasteiger partial charge is 0.126 e. The molecule has 0 saturated heterocycles. The number of halogens is 2. The number of anilines is 1. The van der Waals surface area contributed by atoms with E-state index in [0.29, 0.717) is 16.5 Å². The topological polar surface area (TPSA) is 24.9 Å². The molecule has 1 aromatic heterocycles. The minimum atomic E-state index is -0.354. The highest BCUT2D eigenvalue weighted by Gasteiger charge is 2.17. The second-order valence-corrected chi connectivity index (χ2v) is 5.76. The first-order chi connectivity index (χ1) is 9.45. The van der Waals surface area contributed by atoms with E-state index in [4.69, 9.17) is 11.6 Å². The molecular weight excluding hydrogens is 275 g/mol. The van der Waals surface area contributed by atoms with Crippen molar-refractivity contribution in [2.45, 2.75) is 40.0 Å². The Bertz CT molecular complexity index is 638. The molecule has 0 amide bonds. The van der Waals surface area contributed by atoms with E-state index in [1.54, 1.807) is 0 Å². The molecule has 0 aliphatic rings. The molecule has 0 bridgehead atoms. The Morgan fingerprint density at radius 1 is 1.35 bits per heavy atom. The van der Waals surface area contributed by atoms with E-state index in [9.17, 15) is 4.39 Å². The van der Waals surface area contributed by atoms with Gasteiger partial charge in [-0.25, -0.2) is 4.39 Å². The molecule has 0 atom stereocenters. The minimum absolute atomic E-state index is 0.326. The van der Waals surface area contributed by atoms with Crippen LogP contribution in [0, 0.1) is 12.7 Å². The molecule has 1 heterocycles. The van der Waals surface area contributed by atoms with Crippen molar-refractivity contribution in [2.24, 2.45) is 0 Å². The van der Waals surface area contributed by atoms with Gasteiger partial charge in [0.25, 0.3) is 0 Å². The zero-order chi connectivity index (χ0) is 14.9. The highest BCUT2D eigenvalue weighted by Crippen LogP contribution is 2.37. The van der Waals surface area contributed by atoms with E-state index >= 15 is 0 Å². The number of benzene rings is 1. The predicted molar refractivity (Wildman–Crippen MR) is 84.3 cm³/mol. The molecule has 0 aliphatic heterocycles. The van der Waals surface area contributed by atoms with Crippen molar-refractivity contribution in [3.05, 3.63) is 34.2 Å². The fraction of sp³-hybridized carbons (Fsp3) is 0.438. The zero-order valence-corrected chi connectivity index (χ0v) is 13.1. The summed E-state index contributed by atoms with van der Waals surface area (Å²) >= 11 is 6.26. The number of hydrogen-bond donors (Lipinski definition) is 1. The number of hydrogen-bond acceptors (Lipinski definition) is 2. The number of fused-ring (bicyclic) bond motifs is 1. The molecule has 108 valence electrons. The van der Waals surface area contributed by atoms with Gasteiger partial charge < -0.3 is 5.32 Å². The summed E-state index contributed by atoms with van der Waals surface area (Å²) in [5.41, 5.74) is 3.68. The van der Waals surface area contributed by atoms with Gasteiger partial charge in [-0.15, -0.1) is 0 Å². The van der Waals surface area contributed by atoms with Gasteiger partial charge in [-0.3, -0.25) is 4.98 Å². The third kappa shape index (κ3) is 2.73. The van der Waals surface area contributed by atoms with Gasteiger partial charge in [-0.1, -0.05) is 32.4 Å². The summed E-state index contributed by atoms with van der Waals surface area (Å²) in [6.45, 7) is 9.19. The van der Waals surface area contributed by atoms with Crippen molar-refractivity contribution in [1.82, 2.24) is 4.98 Å². The molecule has 2 rings (SSSR count). The van der Waals surface area contributed by atoms with E-state index in [1.165, 1.54) is 12.1 Å². The number of pyridine rings is 1. The average molecular weight is 295 g/mol. The number of rotatable bonds is 4. The fourth-order valence-electron chi connectivity index (χ4n) is 2.59. The van der Waals surface area contributed by atoms with Gasteiger partial charge in [-0.05, 0) is 30.9 Å². The third-order valence-electron chi connectivity index (χ3n) is 3.36. The van der Waals surface area contributed by atoms with Crippen molar-refractivity contribution in [3.8, 4) is 0 Å². The lowest BCUT2D eigenvalue weighted by Gasteiger charge is -2.20. The first kappa shape index (κ1) is 15.0. The third-order valence-corrected chi connectivity index (χ3v) is 3.66. The summed E-state index contributed by atoms with van der Waals surface area (Å²) in [6, 6.07) is 2.79. The molecule has 2 aromatic rings. The molecule has 1 aromatic carbocycles. The maximum Gasteiger partial charge on any atom is 0.126 e. The van der Waals surface area contributed by atoms with Crippen LogP contribution < -0.4 is 5.32 Å². The van der Waals surface area contributed by atoms with Gasteiger partial charge in [-0.2, -0.15) is 0 Å². The minimum Gasteiger partial charge on any atom is -0.384 e. The van der Waals surface area contributed by atoms with Crippen LogP contribution in [0.1, 0.15) is 44.4 Å². The summed E-state index contributed by atoms with van der Waals surface area (Å²) in [7, 11) is 0. The first-order valence-electron chi connectivity index (χ1n) is 6.98. The highest BCUT2D eigenvalue weighted by molar-refractivity contribution is 6.36. The van der Waals surface area contributed by atoms with Crippen LogP contribution in [0.3, 0.4) is 0 Å². The van der Waals surface area contributed by atoms with Crippen LogP contribution >= 0.6 is 11.6 Å². The Morgan fingerprint density at radius 2 is 2.05 bits per heavy atom. The quantitative estimate of drug-likeness (QED) is 0.829. The number of nitrogens with zero attached hydrogens (tertiary/aromatic N) is 1. The SMILES string of the molecule is CCCNc1c(C(C)C)c(C)nc2cc(F)cc(Cl)c12. The lowest BCUT2D eigenvalue weighted by molar-refractivity contribution is 0.629. The molecule has 0 fully saturated rings. The Hall–Kier alpha value is -1.35. The maximum atomic E-state index is 13.5. The molecule has 1 N–H and O–H groups in total. The molecule has 0 saturated carbocycles. The van der Waals surface area contributed by atoms with Crippen LogP contribution in [0.4, 0.5) is 10.1 Å². The molecular formula is C16H20ClFN2. The molecule has 2 nitrogen and oxygen atoms in total. The zero-order valence-electron chi connectivity index (χ0n) is 12.3. The summed E-state index contributed by atoms with van der Waals surface area (Å²) in [4.78, 5) is 4.52. The summed E-state index contributed by atoms with van der Waals surface area (Å²) in [5.74, 6) is -0.0273. The van der Waals surface area contributed by atoms with Gasteiger partial charge >= 0.3 is 0 Å². The van der Waals surface area contributed by atoms with Crippen molar-refractivity contribution in [3.63, 3.8) is 0 Å². The van der Waals surface area contributed by atoms with Crippen molar-refractivity contribution < 1.29 is 4.39 Å². The van der Waals surface area contributed by atoms with Crippen molar-refractivity contribution >= 4 is 28.2 Å². The monoisotopic (exact) mass is 294 g/mol. The van der Waals surface area contributed by atoms with E-state index in [1.807, 2.05) is 6.92 Å². The van der Waals surface area contributed by atoms with Crippen LogP contribution in [-0.2, 0) is 0 Å². The van der Waals surface area contributed by atoms with Gasteiger partial charge in [0.1, 0.15) is 5.82 Å². The molecule has 4 heteroatoms. The first-order valence-corrected chi connectivity index (χ1v) is 7.36. The Morgan fingerprint density at radius 3 is 2.65 bits per heavy atom. The van der Waals surface area contributed by atoms with Gasteiger partial charge in [0.2, 0.25) is 0 Å². The normalized spacial score (nSPS) is 11.3. The lowest BCUT2D eigenvalue weighted by atomic mass is 9.96. The van der Waals surface area contributed by atoms with Gasteiger partial charge in [0, 0.05) is 23.7 Å². The molecule has 0 radical (unpaired) electrons. The van der Waals surface area contributed by atoms with Crippen LogP contribution in [0.2, 0.25) is 5.02 Å². The van der Waals surface area contributed by atoms with Crippen LogP contribution in [0.5, 0.6) is 0 Å². The number of aryl methyl sites for hydroxylation is 1. The van der Waals surface area contributed by atoms with Crippen LogP contribution in [0.25, 0.3) is 10.9 Å². The highest BCUT2D eigenvalue weighted by atomic mass is 35.5. The molecule has 20 heavy (non-hydrogen) atoms. The Kier molecular flexibility index (Phi) is 4.48. The maximum absolute atomic E-state index is 13.5. The van der Waals surface area contributed by atoms with E-state index in [2.05, 4.69) is 31.1 Å². The average Bonchev–Trinajstić information content (AvgIpc) is 2.33. The van der Waals surface area contributed by atoms with Gasteiger partial charge in [0.05, 0.1) is 16.2 Å². The van der Waals surface area contributed by atoms with Crippen LogP contribution in [0.15, 0.2) is 12.1 Å². The van der Waals surface area contributed by atoms with Crippen molar-refractivity contribution in [2.75, 3.05) is 11.9 Å². The fourth-order valence-corrected chi connectivity index (χ4v) is 2.89. The van der Waals surface area contributed by atoms with E-state index in [-0.39, 0.29) is 5.82 Å². The molecule has 0 aliphatic carbocycles. The lowest BCUT2D eigenvalue weighted by Crippen LogP contribution is -2.08. The largest absolute Gasteiger partial charge is 0.384 e. The number of aromatic nitrogens is 1. The van der Waals surface area contributed by atoms with Crippen LogP contribution in [-0.4, -0.2) is 11.5 Å². The Balaban J connectivity index is 2.81. The summed E-state index contributed by atoms with van der Waals surface area (Å²) < 4.78 is 13.5. The summed E-state index contributed by atoms with van der Waals surface area (Å²) in [5, 5.41) is 4.67. The second kappa shape index (κ2) is 5.96. The molecule has 0 unspecified atom stereocenters.